The van der Waals surface area contributed by atoms with Crippen LogP contribution in [0.1, 0.15) is 16.7 Å². The molecule has 0 unspecified atom stereocenters. The second-order valence-corrected chi connectivity index (χ2v) is 8.67. The Balaban J connectivity index is 1.64. The highest BCUT2D eigenvalue weighted by atomic mass is 32.1. The second-order valence-electron chi connectivity index (χ2n) is 7.88. The van der Waals surface area contributed by atoms with Crippen molar-refractivity contribution in [3.8, 4) is 0 Å². The van der Waals surface area contributed by atoms with E-state index >= 15 is 0 Å². The zero-order valence-corrected chi connectivity index (χ0v) is 20.8. The summed E-state index contributed by atoms with van der Waals surface area (Å²) in [4.78, 5) is 1.74. The molecule has 0 aliphatic heterocycles. The Kier molecular flexibility index (Phi) is 9.33. The van der Waals surface area contributed by atoms with Gasteiger partial charge in [-0.1, -0.05) is 42.5 Å². The number of benzene rings is 3. The maximum Gasteiger partial charge on any atom is 0.416 e. The third-order valence-electron chi connectivity index (χ3n) is 5.06. The van der Waals surface area contributed by atoms with Crippen LogP contribution in [0.15, 0.2) is 78.9 Å². The van der Waals surface area contributed by atoms with Crippen molar-refractivity contribution in [2.24, 2.45) is 0 Å². The molecule has 37 heavy (non-hydrogen) atoms. The SMILES string of the molecule is FC(F)(F)c1cccc(NC(=S)NCCN(Cc2ccccc2)C(=S)Nc2cccc(C(F)(F)F)c2)c1. The number of thiocarbonyl (C=S) groups is 2. The molecule has 0 fully saturated rings. The Labute approximate surface area is 220 Å². The molecule has 0 atom stereocenters. The van der Waals surface area contributed by atoms with Crippen LogP contribution in [-0.4, -0.2) is 28.2 Å². The molecule has 0 heterocycles. The normalized spacial score (nSPS) is 11.5. The van der Waals surface area contributed by atoms with E-state index < -0.39 is 23.5 Å². The molecule has 196 valence electrons. The summed E-state index contributed by atoms with van der Waals surface area (Å²) in [6, 6.07) is 18.7. The van der Waals surface area contributed by atoms with Gasteiger partial charge in [-0.15, -0.1) is 0 Å². The molecular weight excluding hydrogens is 534 g/mol. The largest absolute Gasteiger partial charge is 0.416 e. The monoisotopic (exact) mass is 556 g/mol. The first kappa shape index (κ1) is 28.2. The van der Waals surface area contributed by atoms with E-state index in [0.717, 1.165) is 29.8 Å². The lowest BCUT2D eigenvalue weighted by molar-refractivity contribution is -0.138. The van der Waals surface area contributed by atoms with Crippen LogP contribution in [-0.2, 0) is 18.9 Å². The highest BCUT2D eigenvalue weighted by molar-refractivity contribution is 7.80. The maximum absolute atomic E-state index is 13.1. The van der Waals surface area contributed by atoms with Crippen molar-refractivity contribution >= 4 is 46.0 Å². The van der Waals surface area contributed by atoms with Crippen molar-refractivity contribution < 1.29 is 26.3 Å². The molecule has 0 spiro atoms. The van der Waals surface area contributed by atoms with E-state index in [1.165, 1.54) is 24.3 Å². The van der Waals surface area contributed by atoms with Gasteiger partial charge in [0.1, 0.15) is 0 Å². The van der Waals surface area contributed by atoms with Gasteiger partial charge >= 0.3 is 12.4 Å². The summed E-state index contributed by atoms with van der Waals surface area (Å²) >= 11 is 10.7. The molecular formula is C25H22F6N4S2. The van der Waals surface area contributed by atoms with E-state index in [0.29, 0.717) is 13.1 Å². The van der Waals surface area contributed by atoms with Gasteiger partial charge in [0, 0.05) is 31.0 Å². The van der Waals surface area contributed by atoms with Gasteiger partial charge in [-0.05, 0) is 66.4 Å². The summed E-state index contributed by atoms with van der Waals surface area (Å²) in [7, 11) is 0. The Morgan fingerprint density at radius 3 is 1.78 bits per heavy atom. The Hall–Kier alpha value is -3.38. The minimum atomic E-state index is -4.49. The van der Waals surface area contributed by atoms with Crippen LogP contribution in [0.3, 0.4) is 0 Å². The number of halogens is 6. The molecule has 0 aliphatic carbocycles. The van der Waals surface area contributed by atoms with E-state index in [9.17, 15) is 26.3 Å². The first-order chi connectivity index (χ1) is 17.4. The maximum atomic E-state index is 13.1. The Morgan fingerprint density at radius 2 is 1.24 bits per heavy atom. The predicted octanol–water partition coefficient (Wildman–Crippen LogP) is 6.91. The van der Waals surface area contributed by atoms with Gasteiger partial charge < -0.3 is 20.9 Å². The summed E-state index contributed by atoms with van der Waals surface area (Å²) in [5, 5.41) is 8.78. The zero-order chi connectivity index (χ0) is 27.1. The molecule has 0 aliphatic rings. The van der Waals surface area contributed by atoms with Crippen LogP contribution in [0.2, 0.25) is 0 Å². The second kappa shape index (κ2) is 12.2. The standard InChI is InChI=1S/C25H22F6N4S2/c26-24(27,28)18-8-4-10-20(14-18)33-22(36)32-12-13-35(16-17-6-2-1-3-7-17)23(37)34-21-11-5-9-19(15-21)25(29,30)31/h1-11,14-15H,12-13,16H2,(H,34,37)(H2,32,33,36). The molecule has 4 nitrogen and oxygen atoms in total. The third-order valence-corrected chi connectivity index (χ3v) is 5.67. The summed E-state index contributed by atoms with van der Waals surface area (Å²) in [5.74, 6) is 0. The minimum Gasteiger partial charge on any atom is -0.361 e. The molecule has 0 amide bonds. The smallest absolute Gasteiger partial charge is 0.361 e. The molecule has 0 saturated heterocycles. The molecule has 0 radical (unpaired) electrons. The number of anilines is 2. The average Bonchev–Trinajstić information content (AvgIpc) is 2.83. The van der Waals surface area contributed by atoms with Crippen molar-refractivity contribution in [2.45, 2.75) is 18.9 Å². The van der Waals surface area contributed by atoms with Crippen molar-refractivity contribution in [3.05, 3.63) is 95.6 Å². The van der Waals surface area contributed by atoms with Crippen LogP contribution in [0.4, 0.5) is 37.7 Å². The minimum absolute atomic E-state index is 0.107. The highest BCUT2D eigenvalue weighted by Crippen LogP contribution is 2.31. The van der Waals surface area contributed by atoms with Gasteiger partial charge in [-0.3, -0.25) is 0 Å². The van der Waals surface area contributed by atoms with Crippen molar-refractivity contribution in [3.63, 3.8) is 0 Å². The fourth-order valence-electron chi connectivity index (χ4n) is 3.28. The van der Waals surface area contributed by atoms with Gasteiger partial charge in [0.15, 0.2) is 10.2 Å². The van der Waals surface area contributed by atoms with Crippen molar-refractivity contribution in [2.75, 3.05) is 23.7 Å². The number of hydrogen-bond acceptors (Lipinski definition) is 2. The lowest BCUT2D eigenvalue weighted by Gasteiger charge is -2.27. The number of nitrogens with one attached hydrogen (secondary N) is 3. The molecule has 0 aromatic heterocycles. The van der Waals surface area contributed by atoms with E-state index in [1.807, 2.05) is 30.3 Å². The lowest BCUT2D eigenvalue weighted by Crippen LogP contribution is -2.41. The van der Waals surface area contributed by atoms with Crippen LogP contribution in [0, 0.1) is 0 Å². The summed E-state index contributed by atoms with van der Waals surface area (Å²) in [6.45, 7) is 0.910. The van der Waals surface area contributed by atoms with E-state index in [2.05, 4.69) is 16.0 Å². The summed E-state index contributed by atoms with van der Waals surface area (Å²) < 4.78 is 78.0. The van der Waals surface area contributed by atoms with Crippen LogP contribution < -0.4 is 16.0 Å². The molecule has 0 bridgehead atoms. The van der Waals surface area contributed by atoms with E-state index in [4.69, 9.17) is 24.4 Å². The van der Waals surface area contributed by atoms with Gasteiger partial charge in [0.25, 0.3) is 0 Å². The summed E-state index contributed by atoms with van der Waals surface area (Å²) in [6.07, 6.45) is -8.97. The van der Waals surface area contributed by atoms with Crippen molar-refractivity contribution in [1.29, 1.82) is 0 Å². The van der Waals surface area contributed by atoms with Crippen LogP contribution in [0.5, 0.6) is 0 Å². The average molecular weight is 557 g/mol. The number of hydrogen-bond donors (Lipinski definition) is 3. The van der Waals surface area contributed by atoms with Gasteiger partial charge in [-0.25, -0.2) is 0 Å². The van der Waals surface area contributed by atoms with Gasteiger partial charge in [-0.2, -0.15) is 26.3 Å². The van der Waals surface area contributed by atoms with Gasteiger partial charge in [0.2, 0.25) is 0 Å². The quantitative estimate of drug-likeness (QED) is 0.217. The zero-order valence-electron chi connectivity index (χ0n) is 19.2. The van der Waals surface area contributed by atoms with Crippen molar-refractivity contribution in [1.82, 2.24) is 10.2 Å². The van der Waals surface area contributed by atoms with E-state index in [-0.39, 0.29) is 28.1 Å². The third kappa shape index (κ3) is 8.90. The molecule has 3 aromatic carbocycles. The van der Waals surface area contributed by atoms with Crippen LogP contribution >= 0.6 is 24.4 Å². The predicted molar refractivity (Wildman–Crippen MR) is 140 cm³/mol. The van der Waals surface area contributed by atoms with Gasteiger partial charge in [0.05, 0.1) is 11.1 Å². The fourth-order valence-corrected chi connectivity index (χ4v) is 3.78. The first-order valence-corrected chi connectivity index (χ1v) is 11.7. The van der Waals surface area contributed by atoms with Crippen LogP contribution in [0.25, 0.3) is 0 Å². The highest BCUT2D eigenvalue weighted by Gasteiger charge is 2.31. The Morgan fingerprint density at radius 1 is 0.703 bits per heavy atom. The number of nitrogens with zero attached hydrogens (tertiary/aromatic N) is 1. The summed E-state index contributed by atoms with van der Waals surface area (Å²) in [5.41, 5.74) is -0.328. The lowest BCUT2D eigenvalue weighted by atomic mass is 10.2. The molecule has 0 saturated carbocycles. The molecule has 3 aromatic rings. The Bertz CT molecular complexity index is 1220. The first-order valence-electron chi connectivity index (χ1n) is 10.9. The molecule has 3 rings (SSSR count). The number of rotatable bonds is 7. The van der Waals surface area contributed by atoms with E-state index in [1.54, 1.807) is 4.90 Å². The molecule has 3 N–H and O–H groups in total. The number of alkyl halides is 6. The topological polar surface area (TPSA) is 39.3 Å². The fraction of sp³-hybridized carbons (Fsp3) is 0.200. The molecule has 12 heteroatoms.